The highest BCUT2D eigenvalue weighted by atomic mass is 16.2. The van der Waals surface area contributed by atoms with Crippen molar-refractivity contribution in [2.45, 2.75) is 25.7 Å². The number of piperidine rings is 1. The van der Waals surface area contributed by atoms with E-state index in [2.05, 4.69) is 16.7 Å². The molecule has 5 nitrogen and oxygen atoms in total. The molecule has 1 fully saturated rings. The number of benzene rings is 2. The summed E-state index contributed by atoms with van der Waals surface area (Å²) in [6.45, 7) is 2.56. The molecule has 0 spiro atoms. The van der Waals surface area contributed by atoms with Gasteiger partial charge in [0.2, 0.25) is 11.8 Å². The van der Waals surface area contributed by atoms with Crippen LogP contribution in [0.1, 0.15) is 24.0 Å². The zero-order valence-electron chi connectivity index (χ0n) is 15.4. The summed E-state index contributed by atoms with van der Waals surface area (Å²) >= 11 is 0. The van der Waals surface area contributed by atoms with E-state index in [1.807, 2.05) is 47.4 Å². The minimum atomic E-state index is 0.0859. The summed E-state index contributed by atoms with van der Waals surface area (Å²) in [6, 6.07) is 15.7. The molecule has 4 rings (SSSR count). The maximum atomic E-state index is 12.7. The number of hydrogen-bond donors (Lipinski definition) is 2. The van der Waals surface area contributed by atoms with Crippen molar-refractivity contribution in [2.75, 3.05) is 29.9 Å². The van der Waals surface area contributed by atoms with Crippen LogP contribution < -0.4 is 15.5 Å². The van der Waals surface area contributed by atoms with Crippen molar-refractivity contribution >= 4 is 23.2 Å². The van der Waals surface area contributed by atoms with Crippen LogP contribution in [0.3, 0.4) is 0 Å². The van der Waals surface area contributed by atoms with Crippen molar-refractivity contribution in [1.82, 2.24) is 5.32 Å². The Labute approximate surface area is 159 Å². The van der Waals surface area contributed by atoms with E-state index in [4.69, 9.17) is 0 Å². The second kappa shape index (κ2) is 7.92. The highest BCUT2D eigenvalue weighted by Crippen LogP contribution is 2.28. The molecule has 0 radical (unpaired) electrons. The van der Waals surface area contributed by atoms with E-state index in [1.165, 1.54) is 5.56 Å². The summed E-state index contributed by atoms with van der Waals surface area (Å²) < 4.78 is 0. The molecule has 1 saturated heterocycles. The van der Waals surface area contributed by atoms with Crippen LogP contribution in [0.2, 0.25) is 0 Å². The van der Waals surface area contributed by atoms with Gasteiger partial charge in [-0.05, 0) is 61.7 Å². The highest BCUT2D eigenvalue weighted by Gasteiger charge is 2.24. The average Bonchev–Trinajstić information content (AvgIpc) is 3.14. The topological polar surface area (TPSA) is 61.4 Å². The van der Waals surface area contributed by atoms with Crippen LogP contribution in [0.5, 0.6) is 0 Å². The van der Waals surface area contributed by atoms with Gasteiger partial charge >= 0.3 is 0 Å². The van der Waals surface area contributed by atoms with Gasteiger partial charge in [0.05, 0.1) is 6.42 Å². The lowest BCUT2D eigenvalue weighted by Crippen LogP contribution is -2.34. The Morgan fingerprint density at radius 3 is 2.56 bits per heavy atom. The number of nitrogens with zero attached hydrogens (tertiary/aromatic N) is 1. The smallest absolute Gasteiger partial charge is 0.231 e. The molecule has 2 amide bonds. The highest BCUT2D eigenvalue weighted by molar-refractivity contribution is 5.97. The van der Waals surface area contributed by atoms with E-state index in [1.54, 1.807) is 0 Å². The minimum absolute atomic E-state index is 0.0859. The summed E-state index contributed by atoms with van der Waals surface area (Å²) in [5, 5.41) is 6.27. The quantitative estimate of drug-likeness (QED) is 0.878. The second-order valence-corrected chi connectivity index (χ2v) is 7.31. The molecule has 2 aliphatic heterocycles. The molecule has 0 unspecified atom stereocenters. The number of carbonyl (C=O) groups excluding carboxylic acids is 2. The maximum absolute atomic E-state index is 12.7. The SMILES string of the molecule is O=C(Nc1ccc(CC(=O)N2CCc3ccccc32)cc1)C1CCNCC1. The van der Waals surface area contributed by atoms with Gasteiger partial charge in [0.15, 0.2) is 0 Å². The van der Waals surface area contributed by atoms with E-state index in [0.717, 1.165) is 55.8 Å². The van der Waals surface area contributed by atoms with Crippen LogP contribution in [0.15, 0.2) is 48.5 Å². The number of fused-ring (bicyclic) bond motifs is 1. The van der Waals surface area contributed by atoms with Crippen LogP contribution in [0.25, 0.3) is 0 Å². The van der Waals surface area contributed by atoms with Gasteiger partial charge in [0.1, 0.15) is 0 Å². The van der Waals surface area contributed by atoms with Crippen LogP contribution in [-0.4, -0.2) is 31.4 Å². The predicted molar refractivity (Wildman–Crippen MR) is 107 cm³/mol. The fraction of sp³-hybridized carbons (Fsp3) is 0.364. The van der Waals surface area contributed by atoms with Crippen LogP contribution in [-0.2, 0) is 22.4 Å². The molecule has 2 N–H and O–H groups in total. The Balaban J connectivity index is 1.35. The zero-order chi connectivity index (χ0) is 18.6. The predicted octanol–water partition coefficient (Wildman–Crippen LogP) is 2.76. The summed E-state index contributed by atoms with van der Waals surface area (Å²) in [4.78, 5) is 26.9. The van der Waals surface area contributed by atoms with Crippen LogP contribution in [0, 0.1) is 5.92 Å². The molecule has 0 bridgehead atoms. The summed E-state index contributed by atoms with van der Waals surface area (Å²) in [6.07, 6.45) is 3.06. The second-order valence-electron chi connectivity index (χ2n) is 7.31. The Kier molecular flexibility index (Phi) is 5.21. The van der Waals surface area contributed by atoms with Crippen molar-refractivity contribution in [3.8, 4) is 0 Å². The van der Waals surface area contributed by atoms with Gasteiger partial charge in [0, 0.05) is 23.8 Å². The van der Waals surface area contributed by atoms with Gasteiger partial charge in [-0.25, -0.2) is 0 Å². The molecule has 140 valence electrons. The molecular weight excluding hydrogens is 338 g/mol. The molecule has 27 heavy (non-hydrogen) atoms. The number of amides is 2. The molecule has 0 aromatic heterocycles. The third-order valence-corrected chi connectivity index (χ3v) is 5.47. The first-order chi connectivity index (χ1) is 13.2. The first-order valence-electron chi connectivity index (χ1n) is 9.69. The van der Waals surface area contributed by atoms with E-state index in [-0.39, 0.29) is 17.7 Å². The number of para-hydroxylation sites is 1. The number of hydrogen-bond acceptors (Lipinski definition) is 3. The molecular formula is C22H25N3O2. The lowest BCUT2D eigenvalue weighted by molar-refractivity contribution is -0.120. The van der Waals surface area contributed by atoms with Crippen LogP contribution >= 0.6 is 0 Å². The van der Waals surface area contributed by atoms with Gasteiger partial charge in [-0.1, -0.05) is 30.3 Å². The molecule has 5 heteroatoms. The molecule has 2 aromatic carbocycles. The van der Waals surface area contributed by atoms with Crippen molar-refractivity contribution in [2.24, 2.45) is 5.92 Å². The molecule has 0 aliphatic carbocycles. The lowest BCUT2D eigenvalue weighted by Gasteiger charge is -2.21. The van der Waals surface area contributed by atoms with E-state index in [0.29, 0.717) is 6.42 Å². The standard InChI is InChI=1S/C22H25N3O2/c26-21(25-14-11-17-3-1-2-4-20(17)25)15-16-5-7-19(8-6-16)24-22(27)18-9-12-23-13-10-18/h1-8,18,23H,9-15H2,(H,24,27). The lowest BCUT2D eigenvalue weighted by atomic mass is 9.97. The van der Waals surface area contributed by atoms with E-state index >= 15 is 0 Å². The van der Waals surface area contributed by atoms with E-state index < -0.39 is 0 Å². The summed E-state index contributed by atoms with van der Waals surface area (Å²) in [7, 11) is 0. The Morgan fingerprint density at radius 1 is 1.04 bits per heavy atom. The first kappa shape index (κ1) is 17.7. The number of rotatable bonds is 4. The van der Waals surface area contributed by atoms with Gasteiger partial charge in [-0.3, -0.25) is 9.59 Å². The fourth-order valence-electron chi connectivity index (χ4n) is 3.90. The van der Waals surface area contributed by atoms with Crippen molar-refractivity contribution in [1.29, 1.82) is 0 Å². The molecule has 2 heterocycles. The van der Waals surface area contributed by atoms with Gasteiger partial charge < -0.3 is 15.5 Å². The minimum Gasteiger partial charge on any atom is -0.326 e. The molecule has 0 atom stereocenters. The number of nitrogens with one attached hydrogen (secondary N) is 2. The monoisotopic (exact) mass is 363 g/mol. The summed E-state index contributed by atoms with van der Waals surface area (Å²) in [5.41, 5.74) is 4.03. The zero-order valence-corrected chi connectivity index (χ0v) is 15.4. The first-order valence-corrected chi connectivity index (χ1v) is 9.69. The van der Waals surface area contributed by atoms with Crippen molar-refractivity contribution in [3.63, 3.8) is 0 Å². The number of anilines is 2. The Bertz CT molecular complexity index is 826. The Hall–Kier alpha value is -2.66. The average molecular weight is 363 g/mol. The van der Waals surface area contributed by atoms with Gasteiger partial charge in [-0.2, -0.15) is 0 Å². The molecule has 2 aromatic rings. The van der Waals surface area contributed by atoms with Crippen LogP contribution in [0.4, 0.5) is 11.4 Å². The third-order valence-electron chi connectivity index (χ3n) is 5.47. The normalized spacial score (nSPS) is 16.8. The van der Waals surface area contributed by atoms with Gasteiger partial charge in [0.25, 0.3) is 0 Å². The van der Waals surface area contributed by atoms with Crippen molar-refractivity contribution < 1.29 is 9.59 Å². The van der Waals surface area contributed by atoms with Gasteiger partial charge in [-0.15, -0.1) is 0 Å². The maximum Gasteiger partial charge on any atom is 0.231 e. The largest absolute Gasteiger partial charge is 0.326 e. The summed E-state index contributed by atoms with van der Waals surface area (Å²) in [5.74, 6) is 0.295. The fourth-order valence-corrected chi connectivity index (χ4v) is 3.90. The van der Waals surface area contributed by atoms with Crippen molar-refractivity contribution in [3.05, 3.63) is 59.7 Å². The molecule has 2 aliphatic rings. The van der Waals surface area contributed by atoms with E-state index in [9.17, 15) is 9.59 Å². The Morgan fingerprint density at radius 2 is 1.78 bits per heavy atom. The third kappa shape index (κ3) is 4.03. The molecule has 0 saturated carbocycles. The number of carbonyl (C=O) groups is 2.